The summed E-state index contributed by atoms with van der Waals surface area (Å²) in [6, 6.07) is 3.49. The lowest BCUT2D eigenvalue weighted by atomic mass is 10.2. The van der Waals surface area contributed by atoms with Crippen molar-refractivity contribution in [2.75, 3.05) is 25.0 Å². The number of nitrogens with zero attached hydrogens (tertiary/aromatic N) is 4. The van der Waals surface area contributed by atoms with Crippen molar-refractivity contribution in [3.05, 3.63) is 15.8 Å². The molecule has 0 fully saturated rings. The Bertz CT molecular complexity index is 638. The van der Waals surface area contributed by atoms with Gasteiger partial charge in [-0.15, -0.1) is 10.2 Å². The van der Waals surface area contributed by atoms with Crippen LogP contribution in [0.15, 0.2) is 12.1 Å². The first-order chi connectivity index (χ1) is 12.3. The zero-order chi connectivity index (χ0) is 20.8. The van der Waals surface area contributed by atoms with Gasteiger partial charge in [-0.3, -0.25) is 4.90 Å². The number of ether oxygens (including phenoxy) is 2. The molecule has 0 aromatic carbocycles. The largest absolute Gasteiger partial charge is 0.444 e. The Labute approximate surface area is 174 Å². The van der Waals surface area contributed by atoms with Crippen LogP contribution < -0.4 is 4.90 Å². The highest BCUT2D eigenvalue weighted by molar-refractivity contribution is 14.1. The lowest BCUT2D eigenvalue weighted by Gasteiger charge is -2.28. The normalized spacial score (nSPS) is 11.7. The van der Waals surface area contributed by atoms with Crippen LogP contribution in [0.2, 0.25) is 0 Å². The van der Waals surface area contributed by atoms with Gasteiger partial charge in [-0.25, -0.2) is 9.59 Å². The van der Waals surface area contributed by atoms with Crippen LogP contribution in [-0.2, 0) is 9.47 Å². The third-order valence-electron chi connectivity index (χ3n) is 3.09. The minimum absolute atomic E-state index is 0.331. The van der Waals surface area contributed by atoms with Gasteiger partial charge in [0.25, 0.3) is 0 Å². The molecule has 8 nitrogen and oxygen atoms in total. The molecule has 0 saturated heterocycles. The Hall–Kier alpha value is -1.65. The van der Waals surface area contributed by atoms with Gasteiger partial charge < -0.3 is 14.4 Å². The molecule has 0 N–H and O–H groups in total. The van der Waals surface area contributed by atoms with E-state index in [2.05, 4.69) is 10.2 Å². The second kappa shape index (κ2) is 9.52. The summed E-state index contributed by atoms with van der Waals surface area (Å²) in [6.07, 6.45) is -0.374. The Kier molecular flexibility index (Phi) is 8.24. The molecule has 1 heterocycles. The molecule has 0 unspecified atom stereocenters. The lowest BCUT2D eigenvalue weighted by molar-refractivity contribution is 0.0298. The van der Waals surface area contributed by atoms with Crippen LogP contribution in [0.25, 0.3) is 0 Å². The first-order valence-corrected chi connectivity index (χ1v) is 9.80. The highest BCUT2D eigenvalue weighted by atomic mass is 127. The van der Waals surface area contributed by atoms with E-state index in [0.29, 0.717) is 25.3 Å². The Morgan fingerprint density at radius 1 is 0.963 bits per heavy atom. The second-order valence-corrected chi connectivity index (χ2v) is 9.21. The van der Waals surface area contributed by atoms with Crippen molar-refractivity contribution < 1.29 is 19.1 Å². The number of carbonyl (C=O) groups excluding carboxylic acids is 2. The quantitative estimate of drug-likeness (QED) is 0.576. The molecule has 152 valence electrons. The fourth-order valence-corrected chi connectivity index (χ4v) is 2.25. The summed E-state index contributed by atoms with van der Waals surface area (Å²) in [5.41, 5.74) is -1.18. The molecule has 0 bridgehead atoms. The number of hydrogen-bond acceptors (Lipinski definition) is 6. The molecule has 0 aliphatic rings. The molecule has 0 atom stereocenters. The fraction of sp³-hybridized carbons (Fsp3) is 0.667. The first kappa shape index (κ1) is 23.4. The maximum absolute atomic E-state index is 12.6. The minimum atomic E-state index is -0.626. The topological polar surface area (TPSA) is 84.9 Å². The third kappa shape index (κ3) is 9.21. The lowest BCUT2D eigenvalue weighted by Crippen LogP contribution is -2.40. The number of amides is 2. The number of halogens is 1. The van der Waals surface area contributed by atoms with Gasteiger partial charge in [-0.05, 0) is 82.7 Å². The first-order valence-electron chi connectivity index (χ1n) is 8.72. The average Bonchev–Trinajstić information content (AvgIpc) is 2.49. The predicted molar refractivity (Wildman–Crippen MR) is 112 cm³/mol. The van der Waals surface area contributed by atoms with Gasteiger partial charge in [0.15, 0.2) is 5.82 Å². The zero-order valence-corrected chi connectivity index (χ0v) is 19.2. The summed E-state index contributed by atoms with van der Waals surface area (Å²) >= 11 is 2.05. The van der Waals surface area contributed by atoms with E-state index in [-0.39, 0.29) is 0 Å². The molecule has 0 aliphatic heterocycles. The summed E-state index contributed by atoms with van der Waals surface area (Å²) < 4.78 is 11.5. The average molecular weight is 492 g/mol. The molecule has 0 spiro atoms. The van der Waals surface area contributed by atoms with Gasteiger partial charge in [0.1, 0.15) is 14.9 Å². The molecule has 1 rings (SSSR count). The third-order valence-corrected chi connectivity index (χ3v) is 3.66. The van der Waals surface area contributed by atoms with Gasteiger partial charge in [0.2, 0.25) is 0 Å². The molecule has 27 heavy (non-hydrogen) atoms. The van der Waals surface area contributed by atoms with Crippen LogP contribution in [-0.4, -0.2) is 58.6 Å². The van der Waals surface area contributed by atoms with Gasteiger partial charge >= 0.3 is 12.2 Å². The summed E-state index contributed by atoms with van der Waals surface area (Å²) in [5.74, 6) is 0.407. The van der Waals surface area contributed by atoms with Crippen LogP contribution in [0.4, 0.5) is 15.4 Å². The molecule has 0 saturated carbocycles. The molecule has 0 radical (unpaired) electrons. The van der Waals surface area contributed by atoms with Crippen molar-refractivity contribution in [2.24, 2.45) is 0 Å². The van der Waals surface area contributed by atoms with Crippen LogP contribution >= 0.6 is 22.6 Å². The van der Waals surface area contributed by atoms with Gasteiger partial charge in [0, 0.05) is 20.1 Å². The number of aromatic nitrogens is 2. The summed E-state index contributed by atoms with van der Waals surface area (Å²) in [7, 11) is 1.66. The summed E-state index contributed by atoms with van der Waals surface area (Å²) in [5, 5.41) is 8.07. The van der Waals surface area contributed by atoms with Crippen molar-refractivity contribution in [3.8, 4) is 0 Å². The van der Waals surface area contributed by atoms with E-state index in [9.17, 15) is 9.59 Å². The van der Waals surface area contributed by atoms with E-state index in [1.807, 2.05) is 43.4 Å². The molecular weight excluding hydrogens is 463 g/mol. The van der Waals surface area contributed by atoms with Crippen molar-refractivity contribution in [1.82, 2.24) is 15.1 Å². The molecule has 1 aromatic rings. The van der Waals surface area contributed by atoms with Gasteiger partial charge in [-0.2, -0.15) is 0 Å². The molecule has 0 aliphatic carbocycles. The van der Waals surface area contributed by atoms with E-state index in [1.54, 1.807) is 40.0 Å². The summed E-state index contributed by atoms with van der Waals surface area (Å²) in [6.45, 7) is 11.6. The van der Waals surface area contributed by atoms with E-state index in [4.69, 9.17) is 9.47 Å². The monoisotopic (exact) mass is 492 g/mol. The van der Waals surface area contributed by atoms with Crippen molar-refractivity contribution in [3.63, 3.8) is 0 Å². The predicted octanol–water partition coefficient (Wildman–Crippen LogP) is 4.08. The molecular formula is C18H29IN4O4. The SMILES string of the molecule is CN(CCCN(C(=O)OC(C)(C)C)c1ccc(I)nn1)C(=O)OC(C)(C)C. The maximum atomic E-state index is 12.6. The number of rotatable bonds is 5. The maximum Gasteiger partial charge on any atom is 0.416 e. The smallest absolute Gasteiger partial charge is 0.416 e. The van der Waals surface area contributed by atoms with Crippen molar-refractivity contribution in [1.29, 1.82) is 0 Å². The van der Waals surface area contributed by atoms with E-state index < -0.39 is 23.4 Å². The van der Waals surface area contributed by atoms with Crippen LogP contribution in [0.3, 0.4) is 0 Å². The van der Waals surface area contributed by atoms with E-state index in [1.165, 1.54) is 9.80 Å². The van der Waals surface area contributed by atoms with Crippen molar-refractivity contribution >= 4 is 40.6 Å². The van der Waals surface area contributed by atoms with Gasteiger partial charge in [0.05, 0.1) is 0 Å². The minimum Gasteiger partial charge on any atom is -0.444 e. The van der Waals surface area contributed by atoms with Crippen molar-refractivity contribution in [2.45, 2.75) is 59.2 Å². The zero-order valence-electron chi connectivity index (χ0n) is 17.1. The Morgan fingerprint density at radius 2 is 1.52 bits per heavy atom. The number of anilines is 1. The van der Waals surface area contributed by atoms with E-state index >= 15 is 0 Å². The Balaban J connectivity index is 2.76. The van der Waals surface area contributed by atoms with Crippen LogP contribution in [0.1, 0.15) is 48.0 Å². The highest BCUT2D eigenvalue weighted by Crippen LogP contribution is 2.17. The van der Waals surface area contributed by atoms with Crippen LogP contribution in [0.5, 0.6) is 0 Å². The molecule has 2 amide bonds. The fourth-order valence-electron chi connectivity index (χ4n) is 1.97. The number of carbonyl (C=O) groups is 2. The Morgan fingerprint density at radius 3 is 2.00 bits per heavy atom. The molecule has 9 heteroatoms. The second-order valence-electron chi connectivity index (χ2n) is 8.10. The highest BCUT2D eigenvalue weighted by Gasteiger charge is 2.25. The summed E-state index contributed by atoms with van der Waals surface area (Å²) in [4.78, 5) is 27.5. The number of hydrogen-bond donors (Lipinski definition) is 0. The molecule has 1 aromatic heterocycles. The standard InChI is InChI=1S/C18H29IN4O4/c1-17(2,3)26-15(24)22(7)11-8-12-23(16(25)27-18(4,5)6)14-10-9-13(19)20-21-14/h9-10H,8,11-12H2,1-7H3. The van der Waals surface area contributed by atoms with Gasteiger partial charge in [-0.1, -0.05) is 0 Å². The van der Waals surface area contributed by atoms with Crippen LogP contribution in [0, 0.1) is 3.70 Å². The van der Waals surface area contributed by atoms with E-state index in [0.717, 1.165) is 3.70 Å².